The zero-order valence-corrected chi connectivity index (χ0v) is 18.1. The summed E-state index contributed by atoms with van der Waals surface area (Å²) in [5.74, 6) is -0.461. The largest absolute Gasteiger partial charge is 0.465 e. The van der Waals surface area contributed by atoms with Crippen LogP contribution in [0.5, 0.6) is 0 Å². The lowest BCUT2D eigenvalue weighted by Gasteiger charge is -2.26. The number of hydrogen-bond donors (Lipinski definition) is 2. The molecule has 3 rings (SSSR count). The molecule has 0 bridgehead atoms. The monoisotopic (exact) mass is 421 g/mol. The Kier molecular flexibility index (Phi) is 6.87. The predicted octanol–water partition coefficient (Wildman–Crippen LogP) is 3.42. The molecule has 2 atom stereocenters. The van der Waals surface area contributed by atoms with Crippen LogP contribution < -0.4 is 10.9 Å². The molecule has 2 aromatic carbocycles. The van der Waals surface area contributed by atoms with E-state index in [1.54, 1.807) is 24.4 Å². The second-order valence-electron chi connectivity index (χ2n) is 7.58. The van der Waals surface area contributed by atoms with Crippen molar-refractivity contribution in [3.8, 4) is 5.69 Å². The van der Waals surface area contributed by atoms with Gasteiger partial charge in [-0.3, -0.25) is 9.36 Å². The number of aliphatic hydroxyl groups is 1. The summed E-state index contributed by atoms with van der Waals surface area (Å²) in [5, 5.41) is 13.0. The highest BCUT2D eigenvalue weighted by Crippen LogP contribution is 2.27. The number of nitrogens with zero attached hydrogens (tertiary/aromatic N) is 2. The SMILES string of the molecule is COC(=O)c1ccc(C)c(-n2ccnc(N[C@@H](c3ccccc3C)[C@@H](C)CO)c2=O)c1. The van der Waals surface area contributed by atoms with E-state index in [1.807, 2.05) is 45.0 Å². The summed E-state index contributed by atoms with van der Waals surface area (Å²) in [6.45, 7) is 5.72. The van der Waals surface area contributed by atoms with Crippen molar-refractivity contribution in [2.75, 3.05) is 19.0 Å². The van der Waals surface area contributed by atoms with Gasteiger partial charge in [0.1, 0.15) is 0 Å². The Hall–Kier alpha value is -3.45. The Morgan fingerprint density at radius 2 is 1.94 bits per heavy atom. The van der Waals surface area contributed by atoms with Gasteiger partial charge < -0.3 is 15.2 Å². The summed E-state index contributed by atoms with van der Waals surface area (Å²) in [5.41, 5.74) is 3.44. The van der Waals surface area contributed by atoms with Gasteiger partial charge >= 0.3 is 5.97 Å². The first-order valence-electron chi connectivity index (χ1n) is 10.1. The molecule has 0 saturated heterocycles. The van der Waals surface area contributed by atoms with Gasteiger partial charge in [-0.25, -0.2) is 9.78 Å². The van der Waals surface area contributed by atoms with E-state index in [4.69, 9.17) is 4.74 Å². The summed E-state index contributed by atoms with van der Waals surface area (Å²) in [6, 6.07) is 12.6. The molecule has 0 aliphatic rings. The summed E-state index contributed by atoms with van der Waals surface area (Å²) < 4.78 is 6.25. The number of benzene rings is 2. The highest BCUT2D eigenvalue weighted by Gasteiger charge is 2.22. The Labute approximate surface area is 181 Å². The number of hydrogen-bond acceptors (Lipinski definition) is 6. The van der Waals surface area contributed by atoms with Crippen LogP contribution in [0.3, 0.4) is 0 Å². The van der Waals surface area contributed by atoms with Crippen molar-refractivity contribution in [1.29, 1.82) is 0 Å². The molecule has 0 aliphatic carbocycles. The highest BCUT2D eigenvalue weighted by atomic mass is 16.5. The fourth-order valence-electron chi connectivity index (χ4n) is 3.53. The molecule has 0 aliphatic heterocycles. The lowest BCUT2D eigenvalue weighted by Crippen LogP contribution is -2.29. The molecule has 3 aromatic rings. The topological polar surface area (TPSA) is 93.5 Å². The molecule has 2 N–H and O–H groups in total. The molecule has 0 fully saturated rings. The minimum Gasteiger partial charge on any atom is -0.465 e. The molecular weight excluding hydrogens is 394 g/mol. The second kappa shape index (κ2) is 9.57. The quantitative estimate of drug-likeness (QED) is 0.568. The van der Waals surface area contributed by atoms with Crippen molar-refractivity contribution < 1.29 is 14.6 Å². The molecule has 0 spiro atoms. The maximum Gasteiger partial charge on any atom is 0.337 e. The standard InChI is InChI=1S/C24H27N3O4/c1-15-7-5-6-8-19(15)21(17(3)14-28)26-22-23(29)27(12-11-25-22)20-13-18(24(30)31-4)10-9-16(20)2/h5-13,17,21,28H,14H2,1-4H3,(H,25,26)/t17-,21+/m0/s1. The van der Waals surface area contributed by atoms with E-state index in [2.05, 4.69) is 10.3 Å². The number of anilines is 1. The lowest BCUT2D eigenvalue weighted by molar-refractivity contribution is 0.0600. The zero-order valence-electron chi connectivity index (χ0n) is 18.1. The second-order valence-corrected chi connectivity index (χ2v) is 7.58. The normalized spacial score (nSPS) is 12.8. The Balaban J connectivity index is 2.06. The van der Waals surface area contributed by atoms with Crippen LogP contribution >= 0.6 is 0 Å². The fourth-order valence-corrected chi connectivity index (χ4v) is 3.53. The van der Waals surface area contributed by atoms with Crippen LogP contribution in [0.2, 0.25) is 0 Å². The maximum absolute atomic E-state index is 13.3. The minimum atomic E-state index is -0.474. The molecule has 1 aromatic heterocycles. The van der Waals surface area contributed by atoms with E-state index in [-0.39, 0.29) is 29.9 Å². The predicted molar refractivity (Wildman–Crippen MR) is 120 cm³/mol. The van der Waals surface area contributed by atoms with E-state index < -0.39 is 5.97 Å². The average molecular weight is 421 g/mol. The molecule has 0 saturated carbocycles. The van der Waals surface area contributed by atoms with Crippen molar-refractivity contribution in [1.82, 2.24) is 9.55 Å². The molecule has 1 heterocycles. The number of rotatable bonds is 7. The highest BCUT2D eigenvalue weighted by molar-refractivity contribution is 5.90. The molecule has 0 amide bonds. The van der Waals surface area contributed by atoms with Crippen molar-refractivity contribution >= 4 is 11.8 Å². The van der Waals surface area contributed by atoms with Crippen molar-refractivity contribution in [3.63, 3.8) is 0 Å². The summed E-state index contributed by atoms with van der Waals surface area (Å²) >= 11 is 0. The number of carbonyl (C=O) groups is 1. The first-order chi connectivity index (χ1) is 14.9. The van der Waals surface area contributed by atoms with Gasteiger partial charge in [-0.15, -0.1) is 0 Å². The van der Waals surface area contributed by atoms with E-state index >= 15 is 0 Å². The third kappa shape index (κ3) is 4.67. The third-order valence-corrected chi connectivity index (χ3v) is 5.40. The molecule has 0 radical (unpaired) electrons. The van der Waals surface area contributed by atoms with Crippen molar-refractivity contribution in [3.05, 3.63) is 87.5 Å². The molecule has 31 heavy (non-hydrogen) atoms. The zero-order chi connectivity index (χ0) is 22.5. The van der Waals surface area contributed by atoms with Gasteiger partial charge in [-0.2, -0.15) is 0 Å². The third-order valence-electron chi connectivity index (χ3n) is 5.40. The van der Waals surface area contributed by atoms with Gasteiger partial charge in [-0.05, 0) is 42.7 Å². The van der Waals surface area contributed by atoms with Crippen LogP contribution in [0, 0.1) is 19.8 Å². The first kappa shape index (κ1) is 22.2. The number of ether oxygens (including phenoxy) is 1. The number of esters is 1. The van der Waals surface area contributed by atoms with Gasteiger partial charge in [0.2, 0.25) is 0 Å². The Bertz CT molecular complexity index is 1140. The van der Waals surface area contributed by atoms with E-state index in [0.717, 1.165) is 16.7 Å². The number of methoxy groups -OCH3 is 1. The minimum absolute atomic E-state index is 0.0483. The van der Waals surface area contributed by atoms with Crippen LogP contribution in [-0.2, 0) is 4.74 Å². The molecule has 7 nitrogen and oxygen atoms in total. The number of carbonyl (C=O) groups excluding carboxylic acids is 1. The number of nitrogens with one attached hydrogen (secondary N) is 1. The molecule has 0 unspecified atom stereocenters. The van der Waals surface area contributed by atoms with Crippen molar-refractivity contribution in [2.45, 2.75) is 26.8 Å². The van der Waals surface area contributed by atoms with Crippen LogP contribution in [0.4, 0.5) is 5.82 Å². The van der Waals surface area contributed by atoms with Crippen LogP contribution in [-0.4, -0.2) is 34.3 Å². The van der Waals surface area contributed by atoms with Crippen LogP contribution in [0.15, 0.2) is 59.7 Å². The van der Waals surface area contributed by atoms with Crippen molar-refractivity contribution in [2.24, 2.45) is 5.92 Å². The number of aryl methyl sites for hydroxylation is 2. The van der Waals surface area contributed by atoms with E-state index in [0.29, 0.717) is 11.3 Å². The molecular formula is C24H27N3O4. The van der Waals surface area contributed by atoms with E-state index in [1.165, 1.54) is 17.9 Å². The van der Waals surface area contributed by atoms with Crippen LogP contribution in [0.1, 0.15) is 40.0 Å². The van der Waals surface area contributed by atoms with Gasteiger partial charge in [0.25, 0.3) is 5.56 Å². The smallest absolute Gasteiger partial charge is 0.337 e. The number of aliphatic hydroxyl groups excluding tert-OH is 1. The van der Waals surface area contributed by atoms with Gasteiger partial charge in [0.15, 0.2) is 5.82 Å². The maximum atomic E-state index is 13.3. The molecule has 7 heteroatoms. The first-order valence-corrected chi connectivity index (χ1v) is 10.1. The average Bonchev–Trinajstić information content (AvgIpc) is 2.78. The van der Waals surface area contributed by atoms with E-state index in [9.17, 15) is 14.7 Å². The van der Waals surface area contributed by atoms with Gasteiger partial charge in [0, 0.05) is 24.9 Å². The summed E-state index contributed by atoms with van der Waals surface area (Å²) in [6.07, 6.45) is 3.10. The molecule has 162 valence electrons. The Morgan fingerprint density at radius 1 is 1.19 bits per heavy atom. The lowest BCUT2D eigenvalue weighted by atomic mass is 9.92. The fraction of sp³-hybridized carbons (Fsp3) is 0.292. The van der Waals surface area contributed by atoms with Crippen LogP contribution in [0.25, 0.3) is 5.69 Å². The Morgan fingerprint density at radius 3 is 2.61 bits per heavy atom. The summed E-state index contributed by atoms with van der Waals surface area (Å²) in [4.78, 5) is 29.5. The van der Waals surface area contributed by atoms with Gasteiger partial charge in [0.05, 0.1) is 24.4 Å². The summed E-state index contributed by atoms with van der Waals surface area (Å²) in [7, 11) is 1.32. The van der Waals surface area contributed by atoms with Gasteiger partial charge in [-0.1, -0.05) is 37.3 Å². The number of aromatic nitrogens is 2.